The monoisotopic (exact) mass is 282 g/mol. The molecule has 0 fully saturated rings. The molecule has 2 N–H and O–H groups in total. The van der Waals surface area contributed by atoms with Crippen LogP contribution in [0.4, 0.5) is 8.78 Å². The predicted molar refractivity (Wildman–Crippen MR) is 64.6 cm³/mol. The minimum atomic E-state index is -1.36. The van der Waals surface area contributed by atoms with Crippen LogP contribution in [0.15, 0.2) is 18.2 Å². The number of benzene rings is 1. The lowest BCUT2D eigenvalue weighted by molar-refractivity contribution is -0.140. The van der Waals surface area contributed by atoms with Crippen molar-refractivity contribution in [3.8, 4) is 6.07 Å². The molecule has 0 aliphatic heterocycles. The molecule has 0 unspecified atom stereocenters. The Labute approximate surface area is 113 Å². The van der Waals surface area contributed by atoms with Crippen LogP contribution in [-0.4, -0.2) is 23.0 Å². The van der Waals surface area contributed by atoms with E-state index >= 15 is 0 Å². The Morgan fingerprint density at radius 1 is 1.45 bits per heavy atom. The second kappa shape index (κ2) is 6.61. The second-order valence-corrected chi connectivity index (χ2v) is 4.23. The molecular weight excluding hydrogens is 270 g/mol. The number of hydrogen-bond donors (Lipinski definition) is 2. The fourth-order valence-electron chi connectivity index (χ4n) is 1.61. The SMILES string of the molecule is C[C@H](CC#N)[C@@H](NC(=O)c1cccc(F)c1F)C(=O)O. The van der Waals surface area contributed by atoms with Crippen LogP contribution >= 0.6 is 0 Å². The number of nitrogens with zero attached hydrogens (tertiary/aromatic N) is 1. The Morgan fingerprint density at radius 3 is 2.65 bits per heavy atom. The van der Waals surface area contributed by atoms with Gasteiger partial charge in [0.1, 0.15) is 6.04 Å². The summed E-state index contributed by atoms with van der Waals surface area (Å²) in [5.41, 5.74) is -0.583. The average Bonchev–Trinajstić information content (AvgIpc) is 2.38. The highest BCUT2D eigenvalue weighted by atomic mass is 19.2. The van der Waals surface area contributed by atoms with Gasteiger partial charge in [-0.2, -0.15) is 5.26 Å². The van der Waals surface area contributed by atoms with Crippen LogP contribution in [0.3, 0.4) is 0 Å². The van der Waals surface area contributed by atoms with Gasteiger partial charge >= 0.3 is 5.97 Å². The van der Waals surface area contributed by atoms with Gasteiger partial charge in [0.25, 0.3) is 5.91 Å². The molecule has 1 amide bonds. The van der Waals surface area contributed by atoms with Gasteiger partial charge in [0.05, 0.1) is 11.6 Å². The Kier molecular flexibility index (Phi) is 5.15. The lowest BCUT2D eigenvalue weighted by atomic mass is 9.98. The number of carbonyl (C=O) groups excluding carboxylic acids is 1. The molecule has 1 aromatic rings. The molecule has 106 valence electrons. The normalized spacial score (nSPS) is 13.1. The van der Waals surface area contributed by atoms with E-state index in [2.05, 4.69) is 5.32 Å². The standard InChI is InChI=1S/C13H12F2N2O3/c1-7(5-6-16)11(13(19)20)17-12(18)8-3-2-4-9(14)10(8)15/h2-4,7,11H,5H2,1H3,(H,17,18)(H,19,20)/t7-,11-/m1/s1. The number of halogens is 2. The van der Waals surface area contributed by atoms with Crippen LogP contribution in [0.2, 0.25) is 0 Å². The zero-order valence-electron chi connectivity index (χ0n) is 10.6. The van der Waals surface area contributed by atoms with Crippen molar-refractivity contribution in [3.05, 3.63) is 35.4 Å². The Morgan fingerprint density at radius 2 is 2.10 bits per heavy atom. The molecule has 0 heterocycles. The van der Waals surface area contributed by atoms with E-state index < -0.39 is 41.0 Å². The summed E-state index contributed by atoms with van der Waals surface area (Å²) in [6.45, 7) is 1.46. The summed E-state index contributed by atoms with van der Waals surface area (Å²) in [6.07, 6.45) is -0.0944. The van der Waals surface area contributed by atoms with Crippen molar-refractivity contribution >= 4 is 11.9 Å². The van der Waals surface area contributed by atoms with Gasteiger partial charge in [-0.3, -0.25) is 4.79 Å². The van der Waals surface area contributed by atoms with Crippen molar-refractivity contribution in [1.29, 1.82) is 5.26 Å². The number of nitrogens with one attached hydrogen (secondary N) is 1. The van der Waals surface area contributed by atoms with Gasteiger partial charge in [-0.25, -0.2) is 13.6 Å². The number of amides is 1. The minimum absolute atomic E-state index is 0.0944. The molecule has 0 saturated carbocycles. The number of carboxylic acids is 1. The first kappa shape index (κ1) is 15.6. The number of nitriles is 1. The van der Waals surface area contributed by atoms with E-state index in [-0.39, 0.29) is 6.42 Å². The smallest absolute Gasteiger partial charge is 0.326 e. The third-order valence-corrected chi connectivity index (χ3v) is 2.73. The van der Waals surface area contributed by atoms with Crippen LogP contribution in [-0.2, 0) is 4.79 Å². The van der Waals surface area contributed by atoms with Crippen molar-refractivity contribution < 1.29 is 23.5 Å². The largest absolute Gasteiger partial charge is 0.480 e. The highest BCUT2D eigenvalue weighted by molar-refractivity contribution is 5.96. The Hall–Kier alpha value is -2.49. The molecule has 0 aliphatic rings. The summed E-state index contributed by atoms with van der Waals surface area (Å²) in [5, 5.41) is 19.6. The summed E-state index contributed by atoms with van der Waals surface area (Å²) >= 11 is 0. The molecule has 5 nitrogen and oxygen atoms in total. The minimum Gasteiger partial charge on any atom is -0.480 e. The summed E-state index contributed by atoms with van der Waals surface area (Å²) in [5.74, 6) is -5.60. The molecule has 0 aromatic heterocycles. The van der Waals surface area contributed by atoms with Gasteiger partial charge in [-0.15, -0.1) is 0 Å². The van der Waals surface area contributed by atoms with Crippen LogP contribution in [0.5, 0.6) is 0 Å². The maximum Gasteiger partial charge on any atom is 0.326 e. The van der Waals surface area contributed by atoms with Crippen molar-refractivity contribution in [2.24, 2.45) is 5.92 Å². The average molecular weight is 282 g/mol. The third-order valence-electron chi connectivity index (χ3n) is 2.73. The molecule has 0 radical (unpaired) electrons. The molecule has 1 aromatic carbocycles. The molecule has 0 aliphatic carbocycles. The fraction of sp³-hybridized carbons (Fsp3) is 0.308. The number of hydrogen-bond acceptors (Lipinski definition) is 3. The van der Waals surface area contributed by atoms with Crippen LogP contribution < -0.4 is 5.32 Å². The number of aliphatic carboxylic acids is 1. The third kappa shape index (κ3) is 3.51. The molecule has 20 heavy (non-hydrogen) atoms. The molecule has 0 spiro atoms. The second-order valence-electron chi connectivity index (χ2n) is 4.23. The molecule has 7 heteroatoms. The van der Waals surface area contributed by atoms with E-state index in [1.54, 1.807) is 6.07 Å². The lowest BCUT2D eigenvalue weighted by Crippen LogP contribution is -2.45. The van der Waals surface area contributed by atoms with E-state index in [1.165, 1.54) is 6.92 Å². The number of rotatable bonds is 5. The molecule has 0 bridgehead atoms. The van der Waals surface area contributed by atoms with E-state index in [4.69, 9.17) is 10.4 Å². The summed E-state index contributed by atoms with van der Waals surface area (Å²) < 4.78 is 26.4. The van der Waals surface area contributed by atoms with Crippen LogP contribution in [0.1, 0.15) is 23.7 Å². The van der Waals surface area contributed by atoms with Gasteiger partial charge in [-0.1, -0.05) is 13.0 Å². The van der Waals surface area contributed by atoms with Gasteiger partial charge in [0.15, 0.2) is 11.6 Å². The molecular formula is C13H12F2N2O3. The quantitative estimate of drug-likeness (QED) is 0.860. The predicted octanol–water partition coefficient (Wildman–Crippen LogP) is 1.70. The molecule has 2 atom stereocenters. The van der Waals surface area contributed by atoms with E-state index in [0.29, 0.717) is 0 Å². The highest BCUT2D eigenvalue weighted by Crippen LogP contribution is 2.13. The Balaban J connectivity index is 2.95. The summed E-state index contributed by atoms with van der Waals surface area (Å²) in [6, 6.07) is 3.46. The Bertz CT molecular complexity index is 569. The van der Waals surface area contributed by atoms with Gasteiger partial charge in [0.2, 0.25) is 0 Å². The number of carbonyl (C=O) groups is 2. The fourth-order valence-corrected chi connectivity index (χ4v) is 1.61. The van der Waals surface area contributed by atoms with Gasteiger partial charge < -0.3 is 10.4 Å². The maximum absolute atomic E-state index is 13.4. The first-order valence-corrected chi connectivity index (χ1v) is 5.73. The van der Waals surface area contributed by atoms with Crippen molar-refractivity contribution in [1.82, 2.24) is 5.32 Å². The van der Waals surface area contributed by atoms with Gasteiger partial charge in [0, 0.05) is 12.3 Å². The van der Waals surface area contributed by atoms with E-state index in [0.717, 1.165) is 18.2 Å². The van der Waals surface area contributed by atoms with Crippen LogP contribution in [0.25, 0.3) is 0 Å². The molecule has 0 saturated heterocycles. The number of carboxylic acid groups (broad SMARTS) is 1. The summed E-state index contributed by atoms with van der Waals surface area (Å²) in [4.78, 5) is 22.8. The highest BCUT2D eigenvalue weighted by Gasteiger charge is 2.28. The van der Waals surface area contributed by atoms with Crippen molar-refractivity contribution in [3.63, 3.8) is 0 Å². The topological polar surface area (TPSA) is 90.2 Å². The van der Waals surface area contributed by atoms with E-state index in [1.807, 2.05) is 0 Å². The summed E-state index contributed by atoms with van der Waals surface area (Å²) in [7, 11) is 0. The van der Waals surface area contributed by atoms with Gasteiger partial charge in [-0.05, 0) is 12.1 Å². The van der Waals surface area contributed by atoms with E-state index in [9.17, 15) is 18.4 Å². The maximum atomic E-state index is 13.4. The zero-order chi connectivity index (χ0) is 15.3. The molecule has 1 rings (SSSR count). The lowest BCUT2D eigenvalue weighted by Gasteiger charge is -2.19. The van der Waals surface area contributed by atoms with Crippen LogP contribution in [0, 0.1) is 28.9 Å². The van der Waals surface area contributed by atoms with Crippen molar-refractivity contribution in [2.45, 2.75) is 19.4 Å². The van der Waals surface area contributed by atoms with Crippen molar-refractivity contribution in [2.75, 3.05) is 0 Å². The first-order chi connectivity index (χ1) is 9.38. The zero-order valence-corrected chi connectivity index (χ0v) is 10.6. The first-order valence-electron chi connectivity index (χ1n) is 5.73.